The Morgan fingerprint density at radius 2 is 2.62 bits per heavy atom. The average molecular weight is 261 g/mol. The SMILES string of the molecule is NC(=N[N+](=O)[O-])NCCSCc1ccsn1. The summed E-state index contributed by atoms with van der Waals surface area (Å²) in [6.07, 6.45) is 0. The Morgan fingerprint density at radius 1 is 1.81 bits per heavy atom. The molecule has 0 atom stereocenters. The minimum atomic E-state index is -0.829. The van der Waals surface area contributed by atoms with E-state index in [0.29, 0.717) is 6.54 Å². The third kappa shape index (κ3) is 5.51. The minimum absolute atomic E-state index is 0.167. The number of hydrogen-bond donors (Lipinski definition) is 2. The van der Waals surface area contributed by atoms with Gasteiger partial charge < -0.3 is 11.1 Å². The molecular weight excluding hydrogens is 250 g/mol. The van der Waals surface area contributed by atoms with Crippen LogP contribution in [0.15, 0.2) is 16.5 Å². The van der Waals surface area contributed by atoms with Gasteiger partial charge in [-0.2, -0.15) is 16.1 Å². The van der Waals surface area contributed by atoms with Gasteiger partial charge in [0.25, 0.3) is 5.96 Å². The van der Waals surface area contributed by atoms with Crippen molar-refractivity contribution in [1.29, 1.82) is 0 Å². The molecule has 0 unspecified atom stereocenters. The first-order valence-electron chi connectivity index (χ1n) is 4.38. The normalized spacial score (nSPS) is 11.4. The molecule has 9 heteroatoms. The Hall–Kier alpha value is -1.35. The van der Waals surface area contributed by atoms with Crippen LogP contribution in [0.3, 0.4) is 0 Å². The van der Waals surface area contributed by atoms with Crippen LogP contribution in [-0.4, -0.2) is 27.7 Å². The lowest BCUT2D eigenvalue weighted by molar-refractivity contribution is -0.485. The van der Waals surface area contributed by atoms with Gasteiger partial charge in [0.1, 0.15) is 5.10 Å². The molecule has 0 spiro atoms. The number of rotatable bonds is 6. The highest BCUT2D eigenvalue weighted by molar-refractivity contribution is 7.98. The number of nitrogens with one attached hydrogen (secondary N) is 1. The number of thioether (sulfide) groups is 1. The van der Waals surface area contributed by atoms with E-state index in [0.717, 1.165) is 17.2 Å². The molecule has 1 aromatic rings. The summed E-state index contributed by atoms with van der Waals surface area (Å²) in [6.45, 7) is 0.540. The summed E-state index contributed by atoms with van der Waals surface area (Å²) in [7, 11) is 0. The molecule has 0 amide bonds. The van der Waals surface area contributed by atoms with Gasteiger partial charge in [-0.3, -0.25) is 0 Å². The molecule has 1 rings (SSSR count). The Labute approximate surface area is 100 Å². The number of nitro groups is 1. The van der Waals surface area contributed by atoms with Gasteiger partial charge in [-0.05, 0) is 17.6 Å². The maximum absolute atomic E-state index is 9.94. The molecule has 0 fully saturated rings. The molecule has 0 bridgehead atoms. The molecule has 7 nitrogen and oxygen atoms in total. The van der Waals surface area contributed by atoms with E-state index in [-0.39, 0.29) is 5.96 Å². The highest BCUT2D eigenvalue weighted by Gasteiger charge is 1.98. The summed E-state index contributed by atoms with van der Waals surface area (Å²) in [5.41, 5.74) is 6.27. The van der Waals surface area contributed by atoms with Crippen LogP contribution in [0, 0.1) is 10.1 Å². The second-order valence-electron chi connectivity index (χ2n) is 2.69. The van der Waals surface area contributed by atoms with E-state index < -0.39 is 5.03 Å². The zero-order valence-corrected chi connectivity index (χ0v) is 9.96. The lowest BCUT2D eigenvalue weighted by atomic mass is 10.5. The van der Waals surface area contributed by atoms with Crippen LogP contribution in [0.25, 0.3) is 0 Å². The van der Waals surface area contributed by atoms with Crippen molar-refractivity contribution in [2.45, 2.75) is 5.75 Å². The van der Waals surface area contributed by atoms with Crippen LogP contribution in [0.2, 0.25) is 0 Å². The van der Waals surface area contributed by atoms with E-state index in [2.05, 4.69) is 14.8 Å². The molecule has 0 radical (unpaired) electrons. The summed E-state index contributed by atoms with van der Waals surface area (Å²) in [6, 6.07) is 1.97. The van der Waals surface area contributed by atoms with Crippen LogP contribution >= 0.6 is 23.3 Å². The van der Waals surface area contributed by atoms with E-state index in [4.69, 9.17) is 5.73 Å². The van der Waals surface area contributed by atoms with Crippen LogP contribution in [0.1, 0.15) is 5.69 Å². The van der Waals surface area contributed by atoms with E-state index in [1.54, 1.807) is 11.8 Å². The first-order chi connectivity index (χ1) is 7.68. The van der Waals surface area contributed by atoms with Crippen molar-refractivity contribution in [3.63, 3.8) is 0 Å². The number of hydrogen-bond acceptors (Lipinski definition) is 5. The highest BCUT2D eigenvalue weighted by atomic mass is 32.2. The van der Waals surface area contributed by atoms with Gasteiger partial charge in [0.05, 0.1) is 5.69 Å². The number of nitrogens with two attached hydrogens (primary N) is 1. The molecule has 1 heterocycles. The van der Waals surface area contributed by atoms with Gasteiger partial charge in [0, 0.05) is 23.4 Å². The number of nitrogens with zero attached hydrogens (tertiary/aromatic N) is 3. The molecule has 0 saturated heterocycles. The number of hydrazone groups is 1. The van der Waals surface area contributed by atoms with Crippen molar-refractivity contribution >= 4 is 29.3 Å². The van der Waals surface area contributed by atoms with Crippen LogP contribution in [0.5, 0.6) is 0 Å². The summed E-state index contributed by atoms with van der Waals surface area (Å²) >= 11 is 3.10. The second kappa shape index (κ2) is 7.01. The Balaban J connectivity index is 2.06. The molecule has 1 aromatic heterocycles. The maximum atomic E-state index is 9.94. The average Bonchev–Trinajstić information content (AvgIpc) is 2.68. The Bertz CT molecular complexity index is 354. The van der Waals surface area contributed by atoms with E-state index in [9.17, 15) is 10.1 Å². The van der Waals surface area contributed by atoms with Crippen molar-refractivity contribution < 1.29 is 5.03 Å². The van der Waals surface area contributed by atoms with Crippen LogP contribution in [-0.2, 0) is 5.75 Å². The van der Waals surface area contributed by atoms with Gasteiger partial charge >= 0.3 is 0 Å². The molecule has 0 aromatic carbocycles. The quantitative estimate of drug-likeness (QED) is 0.253. The summed E-state index contributed by atoms with van der Waals surface area (Å²) < 4.78 is 4.15. The fourth-order valence-electron chi connectivity index (χ4n) is 0.863. The molecule has 0 saturated carbocycles. The molecule has 0 aliphatic rings. The summed E-state index contributed by atoms with van der Waals surface area (Å²) in [5.74, 6) is 1.45. The lowest BCUT2D eigenvalue weighted by Gasteiger charge is -2.01. The van der Waals surface area contributed by atoms with E-state index in [1.807, 2.05) is 11.4 Å². The van der Waals surface area contributed by atoms with Crippen molar-refractivity contribution in [2.24, 2.45) is 10.8 Å². The predicted octanol–water partition coefficient (Wildman–Crippen LogP) is 0.472. The third-order valence-electron chi connectivity index (χ3n) is 1.48. The molecule has 88 valence electrons. The molecule has 16 heavy (non-hydrogen) atoms. The highest BCUT2D eigenvalue weighted by Crippen LogP contribution is 2.10. The van der Waals surface area contributed by atoms with Gasteiger partial charge in [-0.1, -0.05) is 0 Å². The first kappa shape index (κ1) is 12.7. The molecule has 0 aliphatic heterocycles. The minimum Gasteiger partial charge on any atom is -0.365 e. The zero-order chi connectivity index (χ0) is 11.8. The summed E-state index contributed by atoms with van der Waals surface area (Å²) in [5, 5.41) is 16.6. The lowest BCUT2D eigenvalue weighted by Crippen LogP contribution is -2.34. The Morgan fingerprint density at radius 3 is 3.25 bits per heavy atom. The largest absolute Gasteiger partial charge is 0.365 e. The van der Waals surface area contributed by atoms with Gasteiger partial charge in [0.2, 0.25) is 0 Å². The fraction of sp³-hybridized carbons (Fsp3) is 0.429. The zero-order valence-electron chi connectivity index (χ0n) is 8.33. The second-order valence-corrected chi connectivity index (χ2v) is 4.46. The van der Waals surface area contributed by atoms with Crippen molar-refractivity contribution in [1.82, 2.24) is 9.69 Å². The number of guanidine groups is 1. The van der Waals surface area contributed by atoms with Gasteiger partial charge in [0.15, 0.2) is 5.03 Å². The predicted molar refractivity (Wildman–Crippen MR) is 64.9 cm³/mol. The molecule has 3 N–H and O–H groups in total. The van der Waals surface area contributed by atoms with Crippen LogP contribution in [0.4, 0.5) is 0 Å². The van der Waals surface area contributed by atoms with Crippen molar-refractivity contribution in [2.75, 3.05) is 12.3 Å². The third-order valence-corrected chi connectivity index (χ3v) is 3.07. The topological polar surface area (TPSA) is 106 Å². The van der Waals surface area contributed by atoms with Crippen molar-refractivity contribution in [3.8, 4) is 0 Å². The maximum Gasteiger partial charge on any atom is 0.266 e. The number of aromatic nitrogens is 1. The molecule has 0 aliphatic carbocycles. The van der Waals surface area contributed by atoms with Gasteiger partial charge in [-0.25, -0.2) is 10.1 Å². The van der Waals surface area contributed by atoms with E-state index >= 15 is 0 Å². The first-order valence-corrected chi connectivity index (χ1v) is 6.37. The monoisotopic (exact) mass is 261 g/mol. The van der Waals surface area contributed by atoms with E-state index in [1.165, 1.54) is 11.5 Å². The smallest absolute Gasteiger partial charge is 0.266 e. The fourth-order valence-corrected chi connectivity index (χ4v) is 2.25. The summed E-state index contributed by atoms with van der Waals surface area (Å²) in [4.78, 5) is 9.94. The van der Waals surface area contributed by atoms with Gasteiger partial charge in [-0.15, -0.1) is 0 Å². The van der Waals surface area contributed by atoms with Crippen molar-refractivity contribution in [3.05, 3.63) is 27.3 Å². The standard InChI is InChI=1S/C7H11N5O2S2/c8-7(10-12(13)14)9-2-4-15-5-6-1-3-16-11-6/h1,3H,2,4-5H2,(H3,8,9,10). The van der Waals surface area contributed by atoms with Crippen LogP contribution < -0.4 is 11.1 Å². The Kier molecular flexibility index (Phi) is 5.57. The molecular formula is C7H11N5O2S2.